The lowest BCUT2D eigenvalue weighted by atomic mass is 10.2. The van der Waals surface area contributed by atoms with Crippen molar-refractivity contribution in [1.29, 1.82) is 0 Å². The number of rotatable bonds is 5. The molecule has 0 bridgehead atoms. The van der Waals surface area contributed by atoms with Crippen LogP contribution in [0.1, 0.15) is 29.5 Å². The van der Waals surface area contributed by atoms with Crippen molar-refractivity contribution in [1.82, 2.24) is 29.9 Å². The molecule has 0 aliphatic heterocycles. The molecule has 10 heteroatoms. The van der Waals surface area contributed by atoms with Crippen LogP contribution < -0.4 is 0 Å². The molecular weight excluding hydrogens is 431 g/mol. The van der Waals surface area contributed by atoms with Crippen LogP contribution in [0.3, 0.4) is 0 Å². The molecule has 7 nitrogen and oxygen atoms in total. The quantitative estimate of drug-likeness (QED) is 0.341. The highest BCUT2D eigenvalue weighted by atomic mass is 35.5. The molecule has 0 spiro atoms. The van der Waals surface area contributed by atoms with E-state index < -0.39 is 5.25 Å². The van der Waals surface area contributed by atoms with Gasteiger partial charge < -0.3 is 9.09 Å². The number of hydrogen-bond donors (Lipinski definition) is 1. The molecule has 4 rings (SSSR count). The zero-order valence-electron chi connectivity index (χ0n) is 15.5. The van der Waals surface area contributed by atoms with Crippen LogP contribution in [0.25, 0.3) is 22.8 Å². The summed E-state index contributed by atoms with van der Waals surface area (Å²) in [5.41, 5.74) is 2.36. The molecule has 1 aromatic carbocycles. The average Bonchev–Trinajstić information content (AvgIpc) is 3.34. The Hall–Kier alpha value is -2.42. The van der Waals surface area contributed by atoms with Crippen LogP contribution >= 0.6 is 35.8 Å². The maximum atomic E-state index is 6.11. The second kappa shape index (κ2) is 8.14. The zero-order chi connectivity index (χ0) is 20.5. The van der Waals surface area contributed by atoms with Crippen LogP contribution in [0.2, 0.25) is 10.2 Å². The monoisotopic (exact) mass is 446 g/mol. The number of nitrogens with zero attached hydrogens (tertiary/aromatic N) is 6. The number of halogens is 2. The van der Waals surface area contributed by atoms with Gasteiger partial charge in [0.2, 0.25) is 0 Å². The largest absolute Gasteiger partial charge is 0.334 e. The summed E-state index contributed by atoms with van der Waals surface area (Å²) in [6, 6.07) is 10.9. The molecule has 0 saturated carbocycles. The van der Waals surface area contributed by atoms with Crippen LogP contribution in [0.15, 0.2) is 40.9 Å². The minimum absolute atomic E-state index is 0.362. The molecule has 0 amide bonds. The molecule has 3 heterocycles. The second-order valence-electron chi connectivity index (χ2n) is 6.32. The van der Waals surface area contributed by atoms with E-state index in [0.717, 1.165) is 16.8 Å². The maximum Gasteiger partial charge on any atom is 0.258 e. The first kappa shape index (κ1) is 19.9. The van der Waals surface area contributed by atoms with Crippen molar-refractivity contribution in [2.45, 2.75) is 25.6 Å². The van der Waals surface area contributed by atoms with Gasteiger partial charge in [-0.25, -0.2) is 4.98 Å². The highest BCUT2D eigenvalue weighted by Gasteiger charge is 2.25. The van der Waals surface area contributed by atoms with E-state index in [9.17, 15) is 0 Å². The summed E-state index contributed by atoms with van der Waals surface area (Å²) in [6.45, 7) is 4.51. The van der Waals surface area contributed by atoms with Gasteiger partial charge in [0.05, 0.1) is 0 Å². The fraction of sp³-hybridized carbons (Fsp3) is 0.211. The van der Waals surface area contributed by atoms with Crippen molar-refractivity contribution < 1.29 is 4.52 Å². The summed E-state index contributed by atoms with van der Waals surface area (Å²) in [4.78, 5) is 8.65. The molecule has 0 aliphatic rings. The first-order valence-electron chi connectivity index (χ1n) is 8.81. The Balaban J connectivity index is 1.69. The van der Waals surface area contributed by atoms with E-state index in [1.165, 1.54) is 0 Å². The fourth-order valence-corrected chi connectivity index (χ4v) is 3.74. The number of aryl methyl sites for hydroxylation is 1. The Morgan fingerprint density at radius 1 is 1.10 bits per heavy atom. The lowest BCUT2D eigenvalue weighted by Gasteiger charge is -2.10. The maximum absolute atomic E-state index is 6.11. The van der Waals surface area contributed by atoms with E-state index >= 15 is 0 Å². The highest BCUT2D eigenvalue weighted by molar-refractivity contribution is 7.80. The van der Waals surface area contributed by atoms with Gasteiger partial charge in [0, 0.05) is 28.4 Å². The minimum Gasteiger partial charge on any atom is -0.334 e. The Kier molecular flexibility index (Phi) is 5.58. The Morgan fingerprint density at radius 3 is 2.66 bits per heavy atom. The van der Waals surface area contributed by atoms with Crippen LogP contribution in [0, 0.1) is 6.92 Å². The predicted molar refractivity (Wildman–Crippen MR) is 114 cm³/mol. The smallest absolute Gasteiger partial charge is 0.258 e. The summed E-state index contributed by atoms with van der Waals surface area (Å²) in [5.74, 6) is 2.03. The van der Waals surface area contributed by atoms with E-state index in [1.54, 1.807) is 18.2 Å². The highest BCUT2D eigenvalue weighted by Crippen LogP contribution is 2.31. The van der Waals surface area contributed by atoms with Gasteiger partial charge in [0.1, 0.15) is 10.4 Å². The van der Waals surface area contributed by atoms with Crippen molar-refractivity contribution in [3.8, 4) is 22.8 Å². The van der Waals surface area contributed by atoms with Crippen molar-refractivity contribution in [3.05, 3.63) is 63.9 Å². The van der Waals surface area contributed by atoms with Crippen LogP contribution in [0.5, 0.6) is 0 Å². The first-order valence-corrected chi connectivity index (χ1v) is 10.1. The lowest BCUT2D eigenvalue weighted by Crippen LogP contribution is -2.08. The average molecular weight is 447 g/mol. The van der Waals surface area contributed by atoms with E-state index in [2.05, 4.69) is 38.0 Å². The van der Waals surface area contributed by atoms with Gasteiger partial charge in [-0.3, -0.25) is 0 Å². The summed E-state index contributed by atoms with van der Waals surface area (Å²) in [7, 11) is 0. The van der Waals surface area contributed by atoms with Crippen molar-refractivity contribution >= 4 is 35.8 Å². The third-order valence-electron chi connectivity index (χ3n) is 4.28. The summed E-state index contributed by atoms with van der Waals surface area (Å²) < 4.78 is 7.34. The van der Waals surface area contributed by atoms with Crippen molar-refractivity contribution in [2.75, 3.05) is 0 Å². The SMILES string of the molecule is CCn1c(-c2cc(C)nc(Cl)c2)nnc1C(S)c1noc(-c2cccc(Cl)c2)n1. The van der Waals surface area contributed by atoms with Gasteiger partial charge >= 0.3 is 0 Å². The molecule has 0 radical (unpaired) electrons. The summed E-state index contributed by atoms with van der Waals surface area (Å²) in [5, 5.41) is 13.2. The van der Waals surface area contributed by atoms with E-state index in [1.807, 2.05) is 36.6 Å². The van der Waals surface area contributed by atoms with Gasteiger partial charge in [-0.05, 0) is 44.2 Å². The molecule has 0 aliphatic carbocycles. The normalized spacial score (nSPS) is 12.3. The lowest BCUT2D eigenvalue weighted by molar-refractivity contribution is 0.422. The summed E-state index contributed by atoms with van der Waals surface area (Å²) >= 11 is 16.8. The van der Waals surface area contributed by atoms with E-state index in [-0.39, 0.29) is 0 Å². The van der Waals surface area contributed by atoms with E-state index in [4.69, 9.17) is 27.7 Å². The predicted octanol–water partition coefficient (Wildman–Crippen LogP) is 5.04. The number of pyridine rings is 1. The molecule has 29 heavy (non-hydrogen) atoms. The fourth-order valence-electron chi connectivity index (χ4n) is 3.00. The van der Waals surface area contributed by atoms with Crippen LogP contribution in [-0.4, -0.2) is 29.9 Å². The van der Waals surface area contributed by atoms with Gasteiger partial charge in [-0.15, -0.1) is 10.2 Å². The molecule has 3 aromatic heterocycles. The van der Waals surface area contributed by atoms with Crippen LogP contribution in [0.4, 0.5) is 0 Å². The Bertz CT molecular complexity index is 1150. The molecule has 1 atom stereocenters. The number of aromatic nitrogens is 6. The summed E-state index contributed by atoms with van der Waals surface area (Å²) in [6.07, 6.45) is 0. The van der Waals surface area contributed by atoms with Gasteiger partial charge in [-0.2, -0.15) is 17.6 Å². The molecular formula is C19H16Cl2N6OS. The zero-order valence-corrected chi connectivity index (χ0v) is 17.9. The van der Waals surface area contributed by atoms with Gasteiger partial charge in [0.25, 0.3) is 5.89 Å². The molecule has 0 saturated heterocycles. The third kappa shape index (κ3) is 4.01. The van der Waals surface area contributed by atoms with Gasteiger partial charge in [-0.1, -0.05) is 34.4 Å². The number of thiol groups is 1. The Morgan fingerprint density at radius 2 is 1.93 bits per heavy atom. The molecule has 148 valence electrons. The topological polar surface area (TPSA) is 82.5 Å². The number of hydrogen-bond acceptors (Lipinski definition) is 7. The molecule has 4 aromatic rings. The molecule has 1 unspecified atom stereocenters. The minimum atomic E-state index is -0.522. The first-order chi connectivity index (χ1) is 14.0. The van der Waals surface area contributed by atoms with Crippen molar-refractivity contribution in [2.24, 2.45) is 0 Å². The van der Waals surface area contributed by atoms with E-state index in [0.29, 0.717) is 40.1 Å². The standard InChI is InChI=1S/C19H16Cl2N6OS/c1-3-27-17(12-7-10(2)22-14(21)9-12)24-25-18(27)15(29)16-23-19(28-26-16)11-5-4-6-13(20)8-11/h4-9,15,29H,3H2,1-2H3. The van der Waals surface area contributed by atoms with Gasteiger partial charge in [0.15, 0.2) is 17.5 Å². The van der Waals surface area contributed by atoms with Crippen LogP contribution in [-0.2, 0) is 6.54 Å². The molecule has 0 N–H and O–H groups in total. The molecule has 0 fully saturated rings. The second-order valence-corrected chi connectivity index (χ2v) is 7.66. The number of benzene rings is 1. The third-order valence-corrected chi connectivity index (χ3v) is 5.17. The van der Waals surface area contributed by atoms with Crippen molar-refractivity contribution in [3.63, 3.8) is 0 Å². The Labute approximate surface area is 182 Å².